The Morgan fingerprint density at radius 1 is 1.50 bits per heavy atom. The second-order valence-corrected chi connectivity index (χ2v) is 4.95. The molecule has 1 aliphatic carbocycles. The molecule has 0 amide bonds. The number of halogens is 1. The van der Waals surface area contributed by atoms with Gasteiger partial charge in [0.15, 0.2) is 0 Å². The van der Waals surface area contributed by atoms with Crippen LogP contribution >= 0.6 is 0 Å². The van der Waals surface area contributed by atoms with Gasteiger partial charge >= 0.3 is 5.97 Å². The number of aromatic amines is 1. The van der Waals surface area contributed by atoms with Gasteiger partial charge < -0.3 is 10.1 Å². The number of aliphatic carboxylic acids is 1. The number of rotatable bonds is 4. The van der Waals surface area contributed by atoms with Crippen LogP contribution in [0.4, 0.5) is 4.39 Å². The SMILES string of the molecule is O=C(O)CC(c1c[nH]c2c(F)cccc12)C1CC1. The molecule has 1 unspecified atom stereocenters. The van der Waals surface area contributed by atoms with Gasteiger partial charge in [0.1, 0.15) is 5.82 Å². The highest BCUT2D eigenvalue weighted by Gasteiger charge is 2.35. The maximum absolute atomic E-state index is 13.6. The lowest BCUT2D eigenvalue weighted by molar-refractivity contribution is -0.137. The smallest absolute Gasteiger partial charge is 0.303 e. The van der Waals surface area contributed by atoms with Crippen molar-refractivity contribution < 1.29 is 14.3 Å². The summed E-state index contributed by atoms with van der Waals surface area (Å²) in [5.74, 6) is -0.650. The van der Waals surface area contributed by atoms with Crippen molar-refractivity contribution in [2.45, 2.75) is 25.2 Å². The number of carbonyl (C=O) groups is 1. The minimum atomic E-state index is -0.794. The van der Waals surface area contributed by atoms with Gasteiger partial charge in [-0.2, -0.15) is 0 Å². The Morgan fingerprint density at radius 3 is 2.94 bits per heavy atom. The molecule has 3 nitrogen and oxygen atoms in total. The van der Waals surface area contributed by atoms with E-state index in [4.69, 9.17) is 5.11 Å². The van der Waals surface area contributed by atoms with Crippen molar-refractivity contribution >= 4 is 16.9 Å². The molecular weight excluding hydrogens is 233 g/mol. The molecule has 2 N–H and O–H groups in total. The average Bonchev–Trinajstić information content (AvgIpc) is 3.06. The van der Waals surface area contributed by atoms with Crippen molar-refractivity contribution in [2.75, 3.05) is 0 Å². The third-order valence-electron chi connectivity index (χ3n) is 3.68. The lowest BCUT2D eigenvalue weighted by Crippen LogP contribution is -2.07. The number of para-hydroxylation sites is 1. The quantitative estimate of drug-likeness (QED) is 0.871. The zero-order valence-electron chi connectivity index (χ0n) is 9.82. The van der Waals surface area contributed by atoms with E-state index >= 15 is 0 Å². The second kappa shape index (κ2) is 4.12. The Kier molecular flexibility index (Phi) is 2.58. The van der Waals surface area contributed by atoms with Crippen LogP contribution < -0.4 is 0 Å². The number of carboxylic acid groups (broad SMARTS) is 1. The van der Waals surface area contributed by atoms with Crippen LogP contribution in [0, 0.1) is 11.7 Å². The van der Waals surface area contributed by atoms with Gasteiger partial charge in [0, 0.05) is 11.6 Å². The molecule has 1 atom stereocenters. The zero-order chi connectivity index (χ0) is 12.7. The lowest BCUT2D eigenvalue weighted by Gasteiger charge is -2.12. The number of carboxylic acids is 1. The summed E-state index contributed by atoms with van der Waals surface area (Å²) in [5, 5.41) is 9.81. The lowest BCUT2D eigenvalue weighted by atomic mass is 9.91. The molecule has 1 heterocycles. The van der Waals surface area contributed by atoms with Crippen molar-refractivity contribution in [3.8, 4) is 0 Å². The fourth-order valence-electron chi connectivity index (χ4n) is 2.66. The van der Waals surface area contributed by atoms with Gasteiger partial charge in [-0.1, -0.05) is 12.1 Å². The molecule has 2 aromatic rings. The van der Waals surface area contributed by atoms with Crippen LogP contribution in [0.25, 0.3) is 10.9 Å². The van der Waals surface area contributed by atoms with E-state index in [1.807, 2.05) is 6.07 Å². The first kappa shape index (κ1) is 11.3. The molecule has 3 rings (SSSR count). The Balaban J connectivity index is 2.06. The number of hydrogen-bond acceptors (Lipinski definition) is 1. The van der Waals surface area contributed by atoms with Gasteiger partial charge in [0.2, 0.25) is 0 Å². The maximum Gasteiger partial charge on any atom is 0.303 e. The second-order valence-electron chi connectivity index (χ2n) is 4.95. The van der Waals surface area contributed by atoms with Gasteiger partial charge in [0.05, 0.1) is 11.9 Å². The van der Waals surface area contributed by atoms with Crippen LogP contribution in [0.2, 0.25) is 0 Å². The number of fused-ring (bicyclic) bond motifs is 1. The molecule has 1 aromatic heterocycles. The molecule has 0 saturated heterocycles. The van der Waals surface area contributed by atoms with Crippen molar-refractivity contribution in [1.82, 2.24) is 4.98 Å². The summed E-state index contributed by atoms with van der Waals surface area (Å²) < 4.78 is 13.6. The van der Waals surface area contributed by atoms with E-state index in [0.717, 1.165) is 23.8 Å². The van der Waals surface area contributed by atoms with E-state index in [1.54, 1.807) is 12.3 Å². The van der Waals surface area contributed by atoms with Gasteiger partial charge in [-0.05, 0) is 36.3 Å². The van der Waals surface area contributed by atoms with E-state index < -0.39 is 5.97 Å². The molecular formula is C14H14FNO2. The Morgan fingerprint density at radius 2 is 2.28 bits per heavy atom. The predicted octanol–water partition coefficient (Wildman–Crippen LogP) is 3.28. The molecule has 1 aromatic carbocycles. The van der Waals surface area contributed by atoms with Gasteiger partial charge in [0.25, 0.3) is 0 Å². The van der Waals surface area contributed by atoms with Crippen LogP contribution in [0.3, 0.4) is 0 Å². The highest BCUT2D eigenvalue weighted by Crippen LogP contribution is 2.46. The fraction of sp³-hybridized carbons (Fsp3) is 0.357. The number of H-pyrrole nitrogens is 1. The van der Waals surface area contributed by atoms with Crippen LogP contribution in [0.1, 0.15) is 30.7 Å². The fourth-order valence-corrected chi connectivity index (χ4v) is 2.66. The summed E-state index contributed by atoms with van der Waals surface area (Å²) in [6, 6.07) is 4.92. The monoisotopic (exact) mass is 247 g/mol. The molecule has 94 valence electrons. The molecule has 4 heteroatoms. The number of hydrogen-bond donors (Lipinski definition) is 2. The summed E-state index contributed by atoms with van der Waals surface area (Å²) in [4.78, 5) is 13.9. The third kappa shape index (κ3) is 1.88. The number of aromatic nitrogens is 1. The van der Waals surface area contributed by atoms with Crippen molar-refractivity contribution in [2.24, 2.45) is 5.92 Å². The van der Waals surface area contributed by atoms with Gasteiger partial charge in [-0.15, -0.1) is 0 Å². The zero-order valence-corrected chi connectivity index (χ0v) is 9.82. The van der Waals surface area contributed by atoms with E-state index in [1.165, 1.54) is 6.07 Å². The van der Waals surface area contributed by atoms with Crippen LogP contribution in [-0.4, -0.2) is 16.1 Å². The Hall–Kier alpha value is -1.84. The molecule has 1 fully saturated rings. The standard InChI is InChI=1S/C14H14FNO2/c15-12-3-1-2-9-11(7-16-14(9)12)10(6-13(17)18)8-4-5-8/h1-3,7-8,10,16H,4-6H2,(H,17,18). The summed E-state index contributed by atoms with van der Waals surface area (Å²) in [6.07, 6.45) is 4.02. The largest absolute Gasteiger partial charge is 0.481 e. The molecule has 0 radical (unpaired) electrons. The predicted molar refractivity (Wildman–Crippen MR) is 66.0 cm³/mol. The average molecular weight is 247 g/mol. The summed E-state index contributed by atoms with van der Waals surface area (Å²) in [5.41, 5.74) is 1.41. The van der Waals surface area contributed by atoms with E-state index in [9.17, 15) is 9.18 Å². The van der Waals surface area contributed by atoms with Crippen molar-refractivity contribution in [3.63, 3.8) is 0 Å². The molecule has 0 spiro atoms. The summed E-state index contributed by atoms with van der Waals surface area (Å²) in [7, 11) is 0. The molecule has 1 aliphatic rings. The topological polar surface area (TPSA) is 53.1 Å². The third-order valence-corrected chi connectivity index (χ3v) is 3.68. The van der Waals surface area contributed by atoms with E-state index in [-0.39, 0.29) is 18.2 Å². The van der Waals surface area contributed by atoms with Crippen LogP contribution in [0.5, 0.6) is 0 Å². The van der Waals surface area contributed by atoms with Gasteiger partial charge in [-0.3, -0.25) is 4.79 Å². The summed E-state index contributed by atoms with van der Waals surface area (Å²) in [6.45, 7) is 0. The minimum Gasteiger partial charge on any atom is -0.481 e. The molecule has 0 aliphatic heterocycles. The first-order valence-corrected chi connectivity index (χ1v) is 6.14. The molecule has 1 saturated carbocycles. The first-order chi connectivity index (χ1) is 8.66. The highest BCUT2D eigenvalue weighted by atomic mass is 19.1. The number of benzene rings is 1. The maximum atomic E-state index is 13.6. The number of nitrogens with one attached hydrogen (secondary N) is 1. The van der Waals surface area contributed by atoms with E-state index in [0.29, 0.717) is 11.4 Å². The van der Waals surface area contributed by atoms with Crippen molar-refractivity contribution in [1.29, 1.82) is 0 Å². The Labute approximate surface area is 104 Å². The first-order valence-electron chi connectivity index (χ1n) is 6.14. The Bertz CT molecular complexity index is 601. The normalized spacial score (nSPS) is 16.9. The highest BCUT2D eigenvalue weighted by molar-refractivity contribution is 5.85. The van der Waals surface area contributed by atoms with Gasteiger partial charge in [-0.25, -0.2) is 4.39 Å². The molecule has 18 heavy (non-hydrogen) atoms. The summed E-state index contributed by atoms with van der Waals surface area (Å²) >= 11 is 0. The van der Waals surface area contributed by atoms with Crippen LogP contribution in [-0.2, 0) is 4.79 Å². The minimum absolute atomic E-state index is 0.00181. The van der Waals surface area contributed by atoms with Crippen LogP contribution in [0.15, 0.2) is 24.4 Å². The van der Waals surface area contributed by atoms with E-state index in [2.05, 4.69) is 4.98 Å². The van der Waals surface area contributed by atoms with Crippen molar-refractivity contribution in [3.05, 3.63) is 35.8 Å². The molecule has 0 bridgehead atoms.